The molecule has 12 heteroatoms. The highest BCUT2D eigenvalue weighted by Gasteiger charge is 2.34. The van der Waals surface area contributed by atoms with Crippen LogP contribution in [-0.4, -0.2) is 49.8 Å². The highest BCUT2D eigenvalue weighted by molar-refractivity contribution is 6.31. The van der Waals surface area contributed by atoms with Crippen LogP contribution in [0.3, 0.4) is 0 Å². The summed E-state index contributed by atoms with van der Waals surface area (Å²) in [4.78, 5) is 33.1. The Kier molecular flexibility index (Phi) is 6.93. The summed E-state index contributed by atoms with van der Waals surface area (Å²) < 4.78 is 40.1. The minimum Gasteiger partial charge on any atom is -0.485 e. The summed E-state index contributed by atoms with van der Waals surface area (Å²) in [5.74, 6) is -0.963. The molecule has 6 rings (SSSR count). The average molecular weight is 567 g/mol. The molecule has 0 aromatic carbocycles. The first-order valence-corrected chi connectivity index (χ1v) is 13.2. The van der Waals surface area contributed by atoms with Crippen molar-refractivity contribution in [2.24, 2.45) is 0 Å². The maximum Gasteiger partial charge on any atom is 0.277 e. The Hall–Kier alpha value is -3.96. The first-order chi connectivity index (χ1) is 19.3. The third-order valence-electron chi connectivity index (χ3n) is 7.10. The van der Waals surface area contributed by atoms with Crippen molar-refractivity contribution in [2.45, 2.75) is 45.5 Å². The Morgan fingerprint density at radius 1 is 1.05 bits per heavy atom. The molecule has 4 aromatic rings. The van der Waals surface area contributed by atoms with E-state index in [-0.39, 0.29) is 35.3 Å². The predicted octanol–water partition coefficient (Wildman–Crippen LogP) is 4.58. The number of aromatic nitrogens is 5. The van der Waals surface area contributed by atoms with Gasteiger partial charge in [0.2, 0.25) is 5.95 Å². The van der Waals surface area contributed by atoms with Crippen molar-refractivity contribution in [2.75, 3.05) is 18.0 Å². The van der Waals surface area contributed by atoms with Gasteiger partial charge in [-0.05, 0) is 44.4 Å². The van der Waals surface area contributed by atoms with Crippen LogP contribution in [0.1, 0.15) is 29.8 Å². The number of hydrogen-bond donors (Lipinski definition) is 0. The summed E-state index contributed by atoms with van der Waals surface area (Å²) in [6.45, 7) is 4.74. The second kappa shape index (κ2) is 10.5. The van der Waals surface area contributed by atoms with Crippen LogP contribution in [0.2, 0.25) is 5.02 Å². The Labute approximate surface area is 233 Å². The maximum atomic E-state index is 14.0. The first kappa shape index (κ1) is 26.3. The fourth-order valence-electron chi connectivity index (χ4n) is 5.10. The zero-order valence-corrected chi connectivity index (χ0v) is 22.5. The standard InChI is InChI=1S/C28H25ClF2N6O3/c1-15-10-33-22(21-5-6-32-28(35-21)36-12-18-3-4-19(13-36)40-18)9-24(15)37-16(2)7-25(26(29)27(37)38)39-14-23-20(31)8-17(30)11-34-23/h5-11,18-19H,3-4,12-14H2,1-2H3. The van der Waals surface area contributed by atoms with Crippen molar-refractivity contribution in [1.29, 1.82) is 0 Å². The number of hydrogen-bond acceptors (Lipinski definition) is 8. The molecule has 2 unspecified atom stereocenters. The van der Waals surface area contributed by atoms with Gasteiger partial charge in [0.05, 0.1) is 35.5 Å². The number of morpholine rings is 1. The number of ether oxygens (including phenoxy) is 2. The van der Waals surface area contributed by atoms with E-state index < -0.39 is 17.2 Å². The molecule has 2 aliphatic heterocycles. The summed E-state index contributed by atoms with van der Waals surface area (Å²) >= 11 is 6.41. The smallest absolute Gasteiger partial charge is 0.277 e. The van der Waals surface area contributed by atoms with E-state index in [9.17, 15) is 13.6 Å². The van der Waals surface area contributed by atoms with Crippen LogP contribution in [0, 0.1) is 25.5 Å². The van der Waals surface area contributed by atoms with E-state index in [1.807, 2.05) is 6.92 Å². The number of halogens is 3. The maximum absolute atomic E-state index is 14.0. The van der Waals surface area contributed by atoms with Crippen LogP contribution in [0.25, 0.3) is 17.1 Å². The normalized spacial score (nSPS) is 18.3. The van der Waals surface area contributed by atoms with E-state index in [4.69, 9.17) is 26.1 Å². The fraction of sp³-hybridized carbons (Fsp3) is 0.321. The van der Waals surface area contributed by atoms with Gasteiger partial charge in [-0.25, -0.2) is 18.7 Å². The van der Waals surface area contributed by atoms with Gasteiger partial charge in [-0.1, -0.05) is 11.6 Å². The van der Waals surface area contributed by atoms with E-state index in [0.29, 0.717) is 34.8 Å². The van der Waals surface area contributed by atoms with Crippen LogP contribution >= 0.6 is 11.6 Å². The predicted molar refractivity (Wildman–Crippen MR) is 144 cm³/mol. The molecule has 0 amide bonds. The molecule has 4 aromatic heterocycles. The molecule has 2 atom stereocenters. The summed E-state index contributed by atoms with van der Waals surface area (Å²) in [6.07, 6.45) is 6.76. The van der Waals surface area contributed by atoms with Gasteiger partial charge in [0.1, 0.15) is 28.9 Å². The summed E-state index contributed by atoms with van der Waals surface area (Å²) in [5.41, 5.74) is 2.42. The molecule has 0 spiro atoms. The van der Waals surface area contributed by atoms with Crippen molar-refractivity contribution in [1.82, 2.24) is 24.5 Å². The molecular weight excluding hydrogens is 542 g/mol. The largest absolute Gasteiger partial charge is 0.485 e. The molecule has 0 saturated carbocycles. The minimum absolute atomic E-state index is 0.0674. The van der Waals surface area contributed by atoms with E-state index in [2.05, 4.69) is 19.9 Å². The lowest BCUT2D eigenvalue weighted by molar-refractivity contribution is 0.0299. The van der Waals surface area contributed by atoms with Crippen molar-refractivity contribution < 1.29 is 18.3 Å². The van der Waals surface area contributed by atoms with Gasteiger partial charge in [-0.15, -0.1) is 0 Å². The second-order valence-electron chi connectivity index (χ2n) is 9.94. The number of nitrogens with zero attached hydrogens (tertiary/aromatic N) is 6. The van der Waals surface area contributed by atoms with Gasteiger partial charge >= 0.3 is 0 Å². The van der Waals surface area contributed by atoms with Crippen molar-refractivity contribution in [3.05, 3.63) is 86.8 Å². The summed E-state index contributed by atoms with van der Waals surface area (Å²) in [7, 11) is 0. The highest BCUT2D eigenvalue weighted by atomic mass is 35.5. The summed E-state index contributed by atoms with van der Waals surface area (Å²) in [6, 6.07) is 5.86. The van der Waals surface area contributed by atoms with Crippen molar-refractivity contribution in [3.63, 3.8) is 0 Å². The van der Waals surface area contributed by atoms with Crippen LogP contribution in [0.5, 0.6) is 5.75 Å². The Morgan fingerprint density at radius 3 is 2.58 bits per heavy atom. The molecule has 2 fully saturated rings. The van der Waals surface area contributed by atoms with Crippen LogP contribution in [0.15, 0.2) is 47.7 Å². The lowest BCUT2D eigenvalue weighted by Gasteiger charge is -2.32. The van der Waals surface area contributed by atoms with Gasteiger partial charge in [0, 0.05) is 43.3 Å². The summed E-state index contributed by atoms with van der Waals surface area (Å²) in [5, 5.41) is -0.183. The van der Waals surface area contributed by atoms with Crippen molar-refractivity contribution in [3.8, 4) is 22.8 Å². The monoisotopic (exact) mass is 566 g/mol. The van der Waals surface area contributed by atoms with Crippen LogP contribution in [-0.2, 0) is 11.3 Å². The van der Waals surface area contributed by atoms with E-state index in [1.54, 1.807) is 37.5 Å². The van der Waals surface area contributed by atoms with E-state index >= 15 is 0 Å². The SMILES string of the molecule is Cc1cnc(-c2ccnc(N3CC4CCC(C3)O4)n2)cc1-n1c(C)cc(OCc2ncc(F)cc2F)c(Cl)c1=O. The second-order valence-corrected chi connectivity index (χ2v) is 10.3. The molecular formula is C28H25ClF2N6O3. The third-order valence-corrected chi connectivity index (χ3v) is 7.44. The number of rotatable bonds is 6. The Morgan fingerprint density at radius 2 is 1.82 bits per heavy atom. The van der Waals surface area contributed by atoms with Gasteiger partial charge in [0.15, 0.2) is 5.82 Å². The Bertz CT molecular complexity index is 1650. The zero-order valence-electron chi connectivity index (χ0n) is 21.8. The molecule has 6 heterocycles. The molecule has 2 aliphatic rings. The lowest BCUT2D eigenvalue weighted by atomic mass is 10.1. The van der Waals surface area contributed by atoms with Gasteiger partial charge in [0.25, 0.3) is 5.56 Å². The topological polar surface area (TPSA) is 95.3 Å². The number of fused-ring (bicyclic) bond motifs is 2. The van der Waals surface area contributed by atoms with Crippen molar-refractivity contribution >= 4 is 17.5 Å². The first-order valence-electron chi connectivity index (χ1n) is 12.8. The number of aryl methyl sites for hydroxylation is 2. The highest BCUT2D eigenvalue weighted by Crippen LogP contribution is 2.30. The molecule has 0 aliphatic carbocycles. The number of pyridine rings is 3. The molecule has 40 heavy (non-hydrogen) atoms. The van der Waals surface area contributed by atoms with Crippen LogP contribution < -0.4 is 15.2 Å². The van der Waals surface area contributed by atoms with Gasteiger partial charge in [-0.3, -0.25) is 19.3 Å². The van der Waals surface area contributed by atoms with E-state index in [1.165, 1.54) is 4.57 Å². The molecule has 2 bridgehead atoms. The molecule has 0 N–H and O–H groups in total. The van der Waals surface area contributed by atoms with Gasteiger partial charge < -0.3 is 14.4 Å². The van der Waals surface area contributed by atoms with Crippen LogP contribution in [0.4, 0.5) is 14.7 Å². The lowest BCUT2D eigenvalue weighted by Crippen LogP contribution is -2.43. The molecule has 0 radical (unpaired) electrons. The third kappa shape index (κ3) is 5.02. The fourth-order valence-corrected chi connectivity index (χ4v) is 5.29. The Balaban J connectivity index is 1.30. The molecule has 206 valence electrons. The number of anilines is 1. The average Bonchev–Trinajstić information content (AvgIpc) is 3.28. The molecule has 2 saturated heterocycles. The molecule has 9 nitrogen and oxygen atoms in total. The zero-order chi connectivity index (χ0) is 28.0. The minimum atomic E-state index is -0.852. The van der Waals surface area contributed by atoms with Gasteiger partial charge in [-0.2, -0.15) is 0 Å². The quantitative estimate of drug-likeness (QED) is 0.335. The van der Waals surface area contributed by atoms with E-state index in [0.717, 1.165) is 37.7 Å².